The first kappa shape index (κ1) is 12.5. The molecule has 2 rings (SSSR count). The fourth-order valence-electron chi connectivity index (χ4n) is 1.90. The van der Waals surface area contributed by atoms with Gasteiger partial charge in [-0.25, -0.2) is 0 Å². The van der Waals surface area contributed by atoms with E-state index in [1.54, 1.807) is 11.8 Å². The van der Waals surface area contributed by atoms with Crippen LogP contribution in [0.25, 0.3) is 0 Å². The molecule has 1 fully saturated rings. The summed E-state index contributed by atoms with van der Waals surface area (Å²) in [5.41, 5.74) is 3.53. The van der Waals surface area contributed by atoms with Crippen LogP contribution in [0.3, 0.4) is 0 Å². The highest BCUT2D eigenvalue weighted by Crippen LogP contribution is 2.29. The zero-order valence-corrected chi connectivity index (χ0v) is 11.1. The molecule has 1 aromatic carbocycles. The maximum Gasteiger partial charge on any atom is 0.160 e. The number of thioether (sulfide) groups is 1. The van der Waals surface area contributed by atoms with Crippen molar-refractivity contribution in [3.63, 3.8) is 0 Å². The lowest BCUT2D eigenvalue weighted by Crippen LogP contribution is -2.24. The Kier molecular flexibility index (Phi) is 4.07. The zero-order valence-electron chi connectivity index (χ0n) is 10.3. The van der Waals surface area contributed by atoms with E-state index in [9.17, 15) is 0 Å². The lowest BCUT2D eigenvalue weighted by atomic mass is 10.1. The summed E-state index contributed by atoms with van der Waals surface area (Å²) in [5, 5.41) is 8.58. The van der Waals surface area contributed by atoms with Crippen molar-refractivity contribution in [2.24, 2.45) is 0 Å². The first-order chi connectivity index (χ1) is 8.22. The number of hydrogen-bond acceptors (Lipinski definition) is 3. The molecule has 0 saturated carbocycles. The molecule has 0 aromatic heterocycles. The third-order valence-electron chi connectivity index (χ3n) is 2.79. The van der Waals surface area contributed by atoms with Crippen LogP contribution in [0.5, 0.6) is 0 Å². The Bertz CT molecular complexity index is 420. The van der Waals surface area contributed by atoms with E-state index < -0.39 is 0 Å². The van der Waals surface area contributed by atoms with Crippen molar-refractivity contribution in [3.8, 4) is 0 Å². The summed E-state index contributed by atoms with van der Waals surface area (Å²) in [4.78, 5) is 2.08. The minimum atomic E-state index is 0.626. The van der Waals surface area contributed by atoms with E-state index in [0.717, 1.165) is 24.6 Å². The van der Waals surface area contributed by atoms with Gasteiger partial charge in [0.05, 0.1) is 6.61 Å². The van der Waals surface area contributed by atoms with E-state index in [4.69, 9.17) is 10.1 Å². The first-order valence-electron chi connectivity index (χ1n) is 5.88. The largest absolute Gasteiger partial charge is 0.377 e. The SMILES string of the molecule is CCOCc1ccc(C)cc1N1CCSC1=N. The third kappa shape index (κ3) is 2.82. The summed E-state index contributed by atoms with van der Waals surface area (Å²) < 4.78 is 5.49. The maximum absolute atomic E-state index is 7.94. The number of amidine groups is 1. The summed E-state index contributed by atoms with van der Waals surface area (Å²) >= 11 is 1.61. The lowest BCUT2D eigenvalue weighted by molar-refractivity contribution is 0.134. The van der Waals surface area contributed by atoms with E-state index in [0.29, 0.717) is 11.8 Å². The molecule has 1 aliphatic rings. The van der Waals surface area contributed by atoms with Crippen LogP contribution in [0.1, 0.15) is 18.1 Å². The summed E-state index contributed by atoms with van der Waals surface area (Å²) in [6.45, 7) is 6.36. The Labute approximate surface area is 107 Å². The second-order valence-corrected chi connectivity index (χ2v) is 5.16. The molecule has 0 radical (unpaired) electrons. The van der Waals surface area contributed by atoms with Gasteiger partial charge in [-0.3, -0.25) is 5.41 Å². The molecule has 0 bridgehead atoms. The van der Waals surface area contributed by atoms with E-state index in [1.165, 1.54) is 11.1 Å². The molecule has 17 heavy (non-hydrogen) atoms. The highest BCUT2D eigenvalue weighted by molar-refractivity contribution is 8.14. The van der Waals surface area contributed by atoms with Gasteiger partial charge in [-0.15, -0.1) is 0 Å². The van der Waals surface area contributed by atoms with E-state index in [1.807, 2.05) is 6.92 Å². The number of hydrogen-bond donors (Lipinski definition) is 1. The minimum Gasteiger partial charge on any atom is -0.377 e. The lowest BCUT2D eigenvalue weighted by Gasteiger charge is -2.21. The van der Waals surface area contributed by atoms with Gasteiger partial charge in [0.2, 0.25) is 0 Å². The summed E-state index contributed by atoms with van der Waals surface area (Å²) in [6.07, 6.45) is 0. The number of aryl methyl sites for hydroxylation is 1. The highest BCUT2D eigenvalue weighted by atomic mass is 32.2. The van der Waals surface area contributed by atoms with Crippen LogP contribution in [-0.2, 0) is 11.3 Å². The molecular weight excluding hydrogens is 232 g/mol. The van der Waals surface area contributed by atoms with Gasteiger partial charge in [0.1, 0.15) is 0 Å². The second kappa shape index (κ2) is 5.56. The topological polar surface area (TPSA) is 36.3 Å². The molecule has 1 aliphatic heterocycles. The highest BCUT2D eigenvalue weighted by Gasteiger charge is 2.21. The van der Waals surface area contributed by atoms with Crippen molar-refractivity contribution in [1.82, 2.24) is 0 Å². The Hall–Kier alpha value is -1.00. The van der Waals surface area contributed by atoms with Crippen molar-refractivity contribution in [1.29, 1.82) is 5.41 Å². The molecule has 0 unspecified atom stereocenters. The van der Waals surface area contributed by atoms with Crippen LogP contribution >= 0.6 is 11.8 Å². The summed E-state index contributed by atoms with van der Waals surface area (Å²) in [7, 11) is 0. The van der Waals surface area contributed by atoms with E-state index in [2.05, 4.69) is 30.0 Å². The number of ether oxygens (including phenoxy) is 1. The zero-order chi connectivity index (χ0) is 12.3. The van der Waals surface area contributed by atoms with Crippen molar-refractivity contribution in [3.05, 3.63) is 29.3 Å². The normalized spacial score (nSPS) is 15.6. The van der Waals surface area contributed by atoms with Crippen molar-refractivity contribution >= 4 is 22.6 Å². The molecule has 0 atom stereocenters. The van der Waals surface area contributed by atoms with Crippen LogP contribution in [-0.4, -0.2) is 24.1 Å². The molecule has 1 saturated heterocycles. The molecule has 1 aromatic rings. The van der Waals surface area contributed by atoms with Gasteiger partial charge in [-0.05, 0) is 25.5 Å². The summed E-state index contributed by atoms with van der Waals surface area (Å²) in [5.74, 6) is 1.00. The van der Waals surface area contributed by atoms with Gasteiger partial charge in [0.15, 0.2) is 5.17 Å². The Morgan fingerprint density at radius 2 is 2.29 bits per heavy atom. The Balaban J connectivity index is 2.29. The van der Waals surface area contributed by atoms with Crippen LogP contribution in [0, 0.1) is 12.3 Å². The average molecular weight is 250 g/mol. The first-order valence-corrected chi connectivity index (χ1v) is 6.87. The third-order valence-corrected chi connectivity index (χ3v) is 3.67. The van der Waals surface area contributed by atoms with Crippen LogP contribution < -0.4 is 4.90 Å². The molecule has 4 heteroatoms. The van der Waals surface area contributed by atoms with Gasteiger partial charge in [0.25, 0.3) is 0 Å². The fourth-order valence-corrected chi connectivity index (χ4v) is 2.71. The molecule has 3 nitrogen and oxygen atoms in total. The fraction of sp³-hybridized carbons (Fsp3) is 0.462. The molecule has 0 amide bonds. The predicted molar refractivity (Wildman–Crippen MR) is 74.0 cm³/mol. The number of rotatable bonds is 4. The van der Waals surface area contributed by atoms with Crippen LogP contribution in [0.2, 0.25) is 0 Å². The Morgan fingerprint density at radius 1 is 1.47 bits per heavy atom. The quantitative estimate of drug-likeness (QED) is 0.892. The molecule has 1 N–H and O–H groups in total. The molecule has 0 aliphatic carbocycles. The number of nitrogens with zero attached hydrogens (tertiary/aromatic N) is 1. The standard InChI is InChI=1S/C13H18N2OS/c1-3-16-9-11-5-4-10(2)8-12(11)15-6-7-17-13(15)14/h4-5,8,14H,3,6-7,9H2,1-2H3. The van der Waals surface area contributed by atoms with Crippen molar-refractivity contribution in [2.75, 3.05) is 23.8 Å². The number of nitrogens with one attached hydrogen (secondary N) is 1. The maximum atomic E-state index is 7.94. The molecular formula is C13H18N2OS. The number of benzene rings is 1. The molecule has 1 heterocycles. The smallest absolute Gasteiger partial charge is 0.160 e. The molecule has 0 spiro atoms. The molecule has 92 valence electrons. The van der Waals surface area contributed by atoms with Gasteiger partial charge < -0.3 is 9.64 Å². The average Bonchev–Trinajstić information content (AvgIpc) is 2.74. The predicted octanol–water partition coefficient (Wildman–Crippen LogP) is 3.02. The van der Waals surface area contributed by atoms with Gasteiger partial charge >= 0.3 is 0 Å². The van der Waals surface area contributed by atoms with Crippen LogP contribution in [0.15, 0.2) is 18.2 Å². The van der Waals surface area contributed by atoms with Crippen molar-refractivity contribution in [2.45, 2.75) is 20.5 Å². The minimum absolute atomic E-state index is 0.626. The Morgan fingerprint density at radius 3 is 2.94 bits per heavy atom. The summed E-state index contributed by atoms with van der Waals surface area (Å²) in [6, 6.07) is 6.36. The van der Waals surface area contributed by atoms with Crippen molar-refractivity contribution < 1.29 is 4.74 Å². The van der Waals surface area contributed by atoms with Gasteiger partial charge in [-0.1, -0.05) is 23.9 Å². The van der Waals surface area contributed by atoms with E-state index in [-0.39, 0.29) is 0 Å². The van der Waals surface area contributed by atoms with Gasteiger partial charge in [-0.2, -0.15) is 0 Å². The van der Waals surface area contributed by atoms with Gasteiger partial charge in [0, 0.05) is 30.2 Å². The monoisotopic (exact) mass is 250 g/mol. The second-order valence-electron chi connectivity index (χ2n) is 4.07. The van der Waals surface area contributed by atoms with E-state index >= 15 is 0 Å². The van der Waals surface area contributed by atoms with Crippen LogP contribution in [0.4, 0.5) is 5.69 Å². The number of anilines is 1.